The highest BCUT2D eigenvalue weighted by Gasteiger charge is 2.92. The second-order valence-corrected chi connectivity index (χ2v) is 18.1. The fourth-order valence-corrected chi connectivity index (χ4v) is 14.0. The summed E-state index contributed by atoms with van der Waals surface area (Å²) in [6.07, 6.45) is 20.1. The largest absolute Gasteiger partial charge is 0.449 e. The highest BCUT2D eigenvalue weighted by molar-refractivity contribution is 6.00. The SMILES string of the molecule is CCC[C@H]1C/C=C2/OC(=O)[C@@]34C5=C(CC[C@@]23[C@]2(OC(=O)c3c(CCCN)cccc32)[C@H]4CCC)[C@@H]2C(=CC[C@H](C)[C@H]2C=C5)N2C[C@H]3C[C@@H](C2)CN1C3. The number of aryl methyl sites for hydroxylation is 1. The third-order valence-electron chi connectivity index (χ3n) is 15.7. The third-order valence-corrected chi connectivity index (χ3v) is 15.7. The number of nitrogens with zero attached hydrogens (tertiary/aromatic N) is 2. The lowest BCUT2D eigenvalue weighted by Gasteiger charge is -2.71. The molecule has 8 heterocycles. The number of esters is 2. The van der Waals surface area contributed by atoms with Crippen molar-refractivity contribution in [1.82, 2.24) is 9.80 Å². The predicted octanol–water partition coefficient (Wildman–Crippen LogP) is 7.43. The summed E-state index contributed by atoms with van der Waals surface area (Å²) in [5.41, 5.74) is 10.2. The summed E-state index contributed by atoms with van der Waals surface area (Å²) in [4.78, 5) is 35.3. The van der Waals surface area contributed by atoms with Gasteiger partial charge in [-0.15, -0.1) is 0 Å². The van der Waals surface area contributed by atoms with E-state index in [0.717, 1.165) is 107 Å². The Labute approximate surface area is 309 Å². The zero-order chi connectivity index (χ0) is 35.6. The molecule has 1 aromatic carbocycles. The minimum atomic E-state index is -0.955. The minimum absolute atomic E-state index is 0.113. The summed E-state index contributed by atoms with van der Waals surface area (Å²) in [5.74, 6) is 2.82. The number of fused-ring (bicyclic) bond motifs is 2. The molecular weight excluding hydrogens is 647 g/mol. The molecule has 2 N–H and O–H groups in total. The molecule has 1 unspecified atom stereocenters. The van der Waals surface area contributed by atoms with Crippen molar-refractivity contribution in [3.8, 4) is 0 Å². The van der Waals surface area contributed by atoms with E-state index >= 15 is 4.79 Å². The van der Waals surface area contributed by atoms with Crippen molar-refractivity contribution in [1.29, 1.82) is 0 Å². The van der Waals surface area contributed by atoms with Gasteiger partial charge in [0.15, 0.2) is 5.60 Å². The van der Waals surface area contributed by atoms with Crippen LogP contribution in [-0.4, -0.2) is 60.5 Å². The first-order chi connectivity index (χ1) is 25.3. The van der Waals surface area contributed by atoms with Crippen LogP contribution in [-0.2, 0) is 26.3 Å². The van der Waals surface area contributed by atoms with Crippen molar-refractivity contribution in [3.63, 3.8) is 0 Å². The van der Waals surface area contributed by atoms with Crippen LogP contribution < -0.4 is 5.73 Å². The fourth-order valence-electron chi connectivity index (χ4n) is 14.0. The van der Waals surface area contributed by atoms with Crippen molar-refractivity contribution in [2.75, 3.05) is 32.7 Å². The van der Waals surface area contributed by atoms with Gasteiger partial charge in [0.2, 0.25) is 0 Å². The number of carbonyl (C=O) groups excluding carboxylic acids is 2. The second kappa shape index (κ2) is 11.9. The normalized spacial score (nSPS) is 43.0. The van der Waals surface area contributed by atoms with E-state index in [1.807, 2.05) is 0 Å². The number of rotatable bonds is 7. The van der Waals surface area contributed by atoms with Crippen LogP contribution in [0.3, 0.4) is 0 Å². The zero-order valence-electron chi connectivity index (χ0n) is 31.5. The Morgan fingerprint density at radius 3 is 2.58 bits per heavy atom. The first-order valence-electron chi connectivity index (χ1n) is 20.9. The number of hydrogen-bond acceptors (Lipinski definition) is 7. The molecule has 12 aliphatic rings. The maximum absolute atomic E-state index is 15.3. The van der Waals surface area contributed by atoms with Gasteiger partial charge in [0.1, 0.15) is 11.2 Å². The van der Waals surface area contributed by atoms with Crippen molar-refractivity contribution in [2.45, 2.75) is 103 Å². The van der Waals surface area contributed by atoms with Gasteiger partial charge >= 0.3 is 11.9 Å². The molecule has 7 nitrogen and oxygen atoms in total. The molecule has 11 atom stereocenters. The van der Waals surface area contributed by atoms with Crippen molar-refractivity contribution in [3.05, 3.63) is 81.8 Å². The van der Waals surface area contributed by atoms with E-state index in [0.29, 0.717) is 41.8 Å². The number of carbonyl (C=O) groups is 2. The summed E-state index contributed by atoms with van der Waals surface area (Å²) >= 11 is 0. The topological polar surface area (TPSA) is 85.1 Å². The molecule has 0 amide bonds. The van der Waals surface area contributed by atoms with E-state index in [9.17, 15) is 4.79 Å². The minimum Gasteiger partial charge on any atom is -0.449 e. The van der Waals surface area contributed by atoms with Gasteiger partial charge in [0.05, 0.1) is 11.0 Å². The molecule has 8 aliphatic heterocycles. The summed E-state index contributed by atoms with van der Waals surface area (Å²) in [6.45, 7) is 12.1. The fraction of sp³-hybridized carbons (Fsp3) is 0.644. The van der Waals surface area contributed by atoms with Crippen LogP contribution in [0, 0.1) is 46.3 Å². The summed E-state index contributed by atoms with van der Waals surface area (Å²) < 4.78 is 13.8. The number of allylic oxidation sites excluding steroid dienone is 4. The van der Waals surface area contributed by atoms with Crippen LogP contribution in [0.15, 0.2) is 65.1 Å². The van der Waals surface area contributed by atoms with Gasteiger partial charge in [-0.05, 0) is 105 Å². The molecule has 4 aliphatic carbocycles. The molecule has 0 radical (unpaired) electrons. The van der Waals surface area contributed by atoms with Crippen LogP contribution in [0.4, 0.5) is 0 Å². The monoisotopic (exact) mass is 703 g/mol. The molecule has 52 heavy (non-hydrogen) atoms. The Hall–Kier alpha value is -3.16. The molecule has 1 aromatic rings. The number of piperidine rings is 2. The summed E-state index contributed by atoms with van der Waals surface area (Å²) in [5, 5.41) is 0. The van der Waals surface area contributed by atoms with Crippen LogP contribution in [0.2, 0.25) is 0 Å². The second-order valence-electron chi connectivity index (χ2n) is 18.1. The maximum Gasteiger partial charge on any atom is 0.339 e. The molecular formula is C45H57N3O4. The molecule has 276 valence electrons. The molecule has 10 bridgehead atoms. The van der Waals surface area contributed by atoms with E-state index in [-0.39, 0.29) is 23.8 Å². The molecule has 2 spiro atoms. The highest BCUT2D eigenvalue weighted by atomic mass is 16.6. The lowest BCUT2D eigenvalue weighted by atomic mass is 9.29. The first-order valence-corrected chi connectivity index (χ1v) is 20.9. The quantitative estimate of drug-likeness (QED) is 0.296. The number of benzene rings is 1. The Morgan fingerprint density at radius 1 is 1.00 bits per heavy atom. The van der Waals surface area contributed by atoms with Gasteiger partial charge in [0.25, 0.3) is 0 Å². The summed E-state index contributed by atoms with van der Waals surface area (Å²) in [7, 11) is 0. The van der Waals surface area contributed by atoms with Gasteiger partial charge in [-0.3, -0.25) is 9.69 Å². The third kappa shape index (κ3) is 4.00. The molecule has 1 saturated carbocycles. The van der Waals surface area contributed by atoms with E-state index < -0.39 is 16.4 Å². The van der Waals surface area contributed by atoms with E-state index in [4.69, 9.17) is 15.2 Å². The number of ether oxygens (including phenoxy) is 2. The van der Waals surface area contributed by atoms with Gasteiger partial charge < -0.3 is 20.1 Å². The Balaban J connectivity index is 1.23. The molecule has 3 saturated heterocycles. The lowest BCUT2D eigenvalue weighted by Crippen LogP contribution is -2.76. The van der Waals surface area contributed by atoms with Crippen molar-refractivity contribution in [2.24, 2.45) is 52.1 Å². The Bertz CT molecular complexity index is 1830. The number of hydrogen-bond donors (Lipinski definition) is 1. The smallest absolute Gasteiger partial charge is 0.339 e. The first kappa shape index (κ1) is 33.4. The van der Waals surface area contributed by atoms with Gasteiger partial charge in [-0.2, -0.15) is 0 Å². The van der Waals surface area contributed by atoms with Crippen molar-refractivity contribution >= 4 is 11.9 Å². The summed E-state index contributed by atoms with van der Waals surface area (Å²) in [6, 6.07) is 6.72. The highest BCUT2D eigenvalue weighted by Crippen LogP contribution is 2.86. The van der Waals surface area contributed by atoms with E-state index in [2.05, 4.69) is 73.1 Å². The van der Waals surface area contributed by atoms with Crippen LogP contribution in [0.5, 0.6) is 0 Å². The van der Waals surface area contributed by atoms with Crippen LogP contribution in [0.25, 0.3) is 0 Å². The maximum atomic E-state index is 15.3. The zero-order valence-corrected chi connectivity index (χ0v) is 31.5. The van der Waals surface area contributed by atoms with Gasteiger partial charge in [-0.25, -0.2) is 4.79 Å². The van der Waals surface area contributed by atoms with Gasteiger partial charge in [-0.1, -0.05) is 75.6 Å². The Morgan fingerprint density at radius 2 is 1.81 bits per heavy atom. The van der Waals surface area contributed by atoms with Gasteiger partial charge in [0, 0.05) is 55.3 Å². The Kier molecular flexibility index (Phi) is 7.66. The molecule has 0 aromatic heterocycles. The van der Waals surface area contributed by atoms with E-state index in [1.54, 1.807) is 0 Å². The molecule has 7 heteroatoms. The standard InChI is InChI=1S/C45H57N3O4/c1-4-8-31-14-18-38-43-20-19-33-34(16-15-32-27(3)13-17-36(40(32)33)48-25-28-22-29(26-48)24-47(31)23-28)44(43,42(50)51-38)37(9-5-2)45(43)35-12-6-10-30(11-7-21-46)39(35)41(49)52-45/h6,10,12,15-18,27-29,31-32,37,40H,4-5,7-9,11,13-14,19-26,46H2,1-3H3/b38-18+/t27-,28-,29+,31-,32+,37-,40+,43+,44-,45+/m0/s1. The lowest BCUT2D eigenvalue weighted by molar-refractivity contribution is -0.275. The van der Waals surface area contributed by atoms with Crippen molar-refractivity contribution < 1.29 is 19.1 Å². The van der Waals surface area contributed by atoms with Crippen LogP contribution in [0.1, 0.15) is 106 Å². The number of nitrogens with two attached hydrogens (primary N) is 1. The average molecular weight is 704 g/mol. The van der Waals surface area contributed by atoms with Crippen LogP contribution >= 0.6 is 0 Å². The average Bonchev–Trinajstić information content (AvgIpc) is 3.59. The molecule has 13 rings (SSSR count). The van der Waals surface area contributed by atoms with E-state index in [1.165, 1.54) is 23.3 Å². The predicted molar refractivity (Wildman–Crippen MR) is 201 cm³/mol. The molecule has 4 fully saturated rings.